The van der Waals surface area contributed by atoms with Crippen LogP contribution < -0.4 is 0 Å². The molecule has 0 aliphatic rings. The number of rotatable bonds is 3. The average Bonchev–Trinajstić information content (AvgIpc) is 2.55. The van der Waals surface area contributed by atoms with Gasteiger partial charge in [-0.15, -0.1) is 4.91 Å². The largest absolute Gasteiger partial charge is 0.206 e. The average molecular weight is 356 g/mol. The van der Waals surface area contributed by atoms with Crippen molar-refractivity contribution in [1.29, 1.82) is 0 Å². The molecule has 0 N–H and O–H groups in total. The van der Waals surface area contributed by atoms with E-state index in [1.807, 2.05) is 36.4 Å². The fraction of sp³-hybridized carbons (Fsp3) is 0. The number of nitrogens with zero attached hydrogens (tertiary/aromatic N) is 1. The van der Waals surface area contributed by atoms with Crippen LogP contribution in [0.25, 0.3) is 22.3 Å². The van der Waals surface area contributed by atoms with Gasteiger partial charge < -0.3 is 0 Å². The molecule has 3 rings (SSSR count). The van der Waals surface area contributed by atoms with Crippen LogP contribution in [0.1, 0.15) is 0 Å². The van der Waals surface area contributed by atoms with Gasteiger partial charge in [-0.2, -0.15) is 0 Å². The standard InChI is InChI=1S/C18H11BrFNO/c19-15-7-4-8-16(20)18(15)14-10-9-13(11-17(14)21-22)12-5-2-1-3-6-12/h1-11H. The van der Waals surface area contributed by atoms with E-state index in [4.69, 9.17) is 0 Å². The van der Waals surface area contributed by atoms with Crippen molar-refractivity contribution < 1.29 is 4.39 Å². The Kier molecular flexibility index (Phi) is 4.11. The zero-order chi connectivity index (χ0) is 15.5. The zero-order valence-corrected chi connectivity index (χ0v) is 13.0. The number of hydrogen-bond acceptors (Lipinski definition) is 2. The summed E-state index contributed by atoms with van der Waals surface area (Å²) in [6.45, 7) is 0. The van der Waals surface area contributed by atoms with E-state index in [1.165, 1.54) is 6.07 Å². The molecule has 3 aromatic rings. The summed E-state index contributed by atoms with van der Waals surface area (Å²) in [4.78, 5) is 11.2. The summed E-state index contributed by atoms with van der Waals surface area (Å²) in [5.74, 6) is -0.397. The highest BCUT2D eigenvalue weighted by Crippen LogP contribution is 2.39. The molecule has 0 bridgehead atoms. The lowest BCUT2D eigenvalue weighted by Gasteiger charge is -2.10. The number of halogens is 2. The van der Waals surface area contributed by atoms with Gasteiger partial charge in [0.25, 0.3) is 0 Å². The molecule has 0 unspecified atom stereocenters. The summed E-state index contributed by atoms with van der Waals surface area (Å²) in [7, 11) is 0. The van der Waals surface area contributed by atoms with Gasteiger partial charge in [0.05, 0.1) is 0 Å². The van der Waals surface area contributed by atoms with E-state index in [1.54, 1.807) is 24.3 Å². The summed E-state index contributed by atoms with van der Waals surface area (Å²) in [6, 6.07) is 19.6. The molecular weight excluding hydrogens is 345 g/mol. The highest BCUT2D eigenvalue weighted by Gasteiger charge is 2.14. The molecule has 4 heteroatoms. The van der Waals surface area contributed by atoms with Gasteiger partial charge in [0.2, 0.25) is 0 Å². The molecule has 0 aliphatic carbocycles. The minimum Gasteiger partial charge on any atom is -0.206 e. The Balaban J connectivity index is 2.17. The van der Waals surface area contributed by atoms with Crippen molar-refractivity contribution in [3.05, 3.63) is 81.9 Å². The van der Waals surface area contributed by atoms with E-state index in [2.05, 4.69) is 21.1 Å². The minimum atomic E-state index is -0.397. The number of hydrogen-bond donors (Lipinski definition) is 0. The van der Waals surface area contributed by atoms with Crippen LogP contribution >= 0.6 is 15.9 Å². The molecule has 0 spiro atoms. The topological polar surface area (TPSA) is 29.4 Å². The number of benzene rings is 3. The molecule has 0 amide bonds. The molecule has 2 nitrogen and oxygen atoms in total. The van der Waals surface area contributed by atoms with Crippen molar-refractivity contribution in [3.63, 3.8) is 0 Å². The quantitative estimate of drug-likeness (QED) is 0.505. The second-order valence-corrected chi connectivity index (χ2v) is 5.64. The van der Waals surface area contributed by atoms with Gasteiger partial charge in [-0.1, -0.05) is 64.5 Å². The predicted molar refractivity (Wildman–Crippen MR) is 90.4 cm³/mol. The molecule has 0 aliphatic heterocycles. The molecule has 0 aromatic heterocycles. The lowest BCUT2D eigenvalue weighted by atomic mass is 9.98. The highest BCUT2D eigenvalue weighted by molar-refractivity contribution is 9.10. The van der Waals surface area contributed by atoms with Crippen LogP contribution in [0, 0.1) is 10.7 Å². The third-order valence-corrected chi connectivity index (χ3v) is 4.10. The number of nitroso groups, excluding NO2 is 1. The van der Waals surface area contributed by atoms with E-state index >= 15 is 0 Å². The van der Waals surface area contributed by atoms with Gasteiger partial charge in [-0.3, -0.25) is 0 Å². The fourth-order valence-electron chi connectivity index (χ4n) is 2.38. The van der Waals surface area contributed by atoms with E-state index in [0.717, 1.165) is 11.1 Å². The van der Waals surface area contributed by atoms with Crippen LogP contribution in [0.5, 0.6) is 0 Å². The first-order valence-electron chi connectivity index (χ1n) is 6.68. The van der Waals surface area contributed by atoms with Gasteiger partial charge in [0, 0.05) is 15.6 Å². The van der Waals surface area contributed by atoms with Crippen molar-refractivity contribution in [2.45, 2.75) is 0 Å². The molecule has 0 atom stereocenters. The van der Waals surface area contributed by atoms with Crippen molar-refractivity contribution in [2.75, 3.05) is 0 Å². The molecule has 0 heterocycles. The van der Waals surface area contributed by atoms with Gasteiger partial charge in [0.15, 0.2) is 0 Å². The minimum absolute atomic E-state index is 0.215. The summed E-state index contributed by atoms with van der Waals surface area (Å²) in [5.41, 5.74) is 2.88. The second kappa shape index (κ2) is 6.20. The van der Waals surface area contributed by atoms with Crippen molar-refractivity contribution in [2.24, 2.45) is 5.18 Å². The Morgan fingerprint density at radius 1 is 0.864 bits per heavy atom. The van der Waals surface area contributed by atoms with E-state index < -0.39 is 5.82 Å². The van der Waals surface area contributed by atoms with Gasteiger partial charge in [-0.25, -0.2) is 4.39 Å². The molecule has 22 heavy (non-hydrogen) atoms. The first-order valence-corrected chi connectivity index (χ1v) is 7.47. The summed E-state index contributed by atoms with van der Waals surface area (Å²) >= 11 is 3.33. The van der Waals surface area contributed by atoms with Crippen LogP contribution in [0.2, 0.25) is 0 Å². The lowest BCUT2D eigenvalue weighted by molar-refractivity contribution is 0.630. The van der Waals surface area contributed by atoms with E-state index in [9.17, 15) is 9.30 Å². The van der Waals surface area contributed by atoms with Crippen molar-refractivity contribution >= 4 is 21.6 Å². The van der Waals surface area contributed by atoms with E-state index in [0.29, 0.717) is 15.6 Å². The SMILES string of the molecule is O=Nc1cc(-c2ccccc2)ccc1-c1c(F)cccc1Br. The summed E-state index contributed by atoms with van der Waals surface area (Å²) in [6.07, 6.45) is 0. The van der Waals surface area contributed by atoms with Gasteiger partial charge in [0.1, 0.15) is 11.5 Å². The predicted octanol–water partition coefficient (Wildman–Crippen LogP) is 6.32. The molecule has 0 saturated heterocycles. The lowest BCUT2D eigenvalue weighted by Crippen LogP contribution is -1.88. The zero-order valence-electron chi connectivity index (χ0n) is 11.5. The molecule has 0 saturated carbocycles. The Labute approximate surface area is 135 Å². The smallest absolute Gasteiger partial charge is 0.132 e. The monoisotopic (exact) mass is 355 g/mol. The first-order chi connectivity index (χ1) is 10.7. The fourth-order valence-corrected chi connectivity index (χ4v) is 2.94. The molecule has 0 fully saturated rings. The third kappa shape index (κ3) is 2.70. The Morgan fingerprint density at radius 3 is 2.32 bits per heavy atom. The molecule has 0 radical (unpaired) electrons. The van der Waals surface area contributed by atoms with Crippen LogP contribution in [0.15, 0.2) is 76.4 Å². The Bertz CT molecular complexity index is 813. The van der Waals surface area contributed by atoms with Crippen molar-refractivity contribution in [1.82, 2.24) is 0 Å². The second-order valence-electron chi connectivity index (χ2n) is 4.79. The maximum absolute atomic E-state index is 14.1. The Hall–Kier alpha value is -2.33. The summed E-state index contributed by atoms with van der Waals surface area (Å²) < 4.78 is 14.7. The highest BCUT2D eigenvalue weighted by atomic mass is 79.9. The van der Waals surface area contributed by atoms with Crippen LogP contribution in [-0.2, 0) is 0 Å². The molecule has 3 aromatic carbocycles. The van der Waals surface area contributed by atoms with Crippen LogP contribution in [-0.4, -0.2) is 0 Å². The maximum Gasteiger partial charge on any atom is 0.132 e. The van der Waals surface area contributed by atoms with Crippen molar-refractivity contribution in [3.8, 4) is 22.3 Å². The van der Waals surface area contributed by atoms with Crippen LogP contribution in [0.3, 0.4) is 0 Å². The van der Waals surface area contributed by atoms with Crippen LogP contribution in [0.4, 0.5) is 10.1 Å². The normalized spacial score (nSPS) is 10.5. The molecular formula is C18H11BrFNO. The van der Waals surface area contributed by atoms with Gasteiger partial charge in [-0.05, 0) is 34.5 Å². The Morgan fingerprint density at radius 2 is 1.64 bits per heavy atom. The maximum atomic E-state index is 14.1. The van der Waals surface area contributed by atoms with E-state index in [-0.39, 0.29) is 5.69 Å². The van der Waals surface area contributed by atoms with Gasteiger partial charge >= 0.3 is 0 Å². The summed E-state index contributed by atoms with van der Waals surface area (Å²) in [5, 5.41) is 3.08. The third-order valence-electron chi connectivity index (χ3n) is 3.44. The molecule has 108 valence electrons. The first kappa shape index (κ1) is 14.6.